The number of carbonyl (C=O) groups is 1. The minimum Gasteiger partial charge on any atom is -0.356 e. The molecule has 110 valence electrons. The molecule has 1 aliphatic heterocycles. The van der Waals surface area contributed by atoms with E-state index >= 15 is 0 Å². The summed E-state index contributed by atoms with van der Waals surface area (Å²) in [4.78, 5) is 14.3. The first kappa shape index (κ1) is 14.8. The minimum atomic E-state index is 0.210. The Hall–Kier alpha value is -0.610. The smallest absolute Gasteiger partial charge is 0.220 e. The highest BCUT2D eigenvalue weighted by Gasteiger charge is 2.24. The van der Waals surface area contributed by atoms with Gasteiger partial charge in [-0.1, -0.05) is 12.8 Å². The van der Waals surface area contributed by atoms with E-state index in [1.807, 2.05) is 0 Å². The number of rotatable bonds is 4. The molecule has 4 nitrogen and oxygen atoms in total. The molecule has 1 saturated carbocycles. The van der Waals surface area contributed by atoms with Crippen molar-refractivity contribution in [3.63, 3.8) is 0 Å². The lowest BCUT2D eigenvalue weighted by Gasteiger charge is -2.30. The van der Waals surface area contributed by atoms with Crippen molar-refractivity contribution < 1.29 is 4.79 Å². The molecule has 0 spiro atoms. The van der Waals surface area contributed by atoms with E-state index < -0.39 is 0 Å². The molecule has 0 bridgehead atoms. The lowest BCUT2D eigenvalue weighted by molar-refractivity contribution is -0.122. The first-order valence-electron chi connectivity index (χ1n) is 7.86. The van der Waals surface area contributed by atoms with Gasteiger partial charge in [0.15, 0.2) is 0 Å². The Morgan fingerprint density at radius 3 is 2.58 bits per heavy atom. The number of piperidine rings is 1. The first-order chi connectivity index (χ1) is 9.15. The van der Waals surface area contributed by atoms with Crippen molar-refractivity contribution in [2.45, 2.75) is 51.0 Å². The number of hydrogen-bond acceptors (Lipinski definition) is 3. The summed E-state index contributed by atoms with van der Waals surface area (Å²) in [6.45, 7) is 3.18. The van der Waals surface area contributed by atoms with Crippen LogP contribution in [0.1, 0.15) is 44.9 Å². The molecular weight excluding hydrogens is 238 g/mol. The number of nitrogens with zero attached hydrogens (tertiary/aromatic N) is 1. The first-order valence-corrected chi connectivity index (χ1v) is 7.86. The van der Waals surface area contributed by atoms with Crippen molar-refractivity contribution in [1.29, 1.82) is 0 Å². The number of nitrogens with one attached hydrogen (secondary N) is 1. The van der Waals surface area contributed by atoms with Crippen molar-refractivity contribution in [1.82, 2.24) is 10.2 Å². The molecule has 1 amide bonds. The normalized spacial score (nSPS) is 30.2. The second-order valence-electron chi connectivity index (χ2n) is 6.46. The Morgan fingerprint density at radius 2 is 1.89 bits per heavy atom. The summed E-state index contributed by atoms with van der Waals surface area (Å²) >= 11 is 0. The molecule has 1 heterocycles. The van der Waals surface area contributed by atoms with Crippen LogP contribution in [0.2, 0.25) is 0 Å². The van der Waals surface area contributed by atoms with Crippen LogP contribution in [-0.2, 0) is 4.79 Å². The summed E-state index contributed by atoms with van der Waals surface area (Å²) < 4.78 is 0. The summed E-state index contributed by atoms with van der Waals surface area (Å²) in [7, 11) is 2.17. The summed E-state index contributed by atoms with van der Waals surface area (Å²) in [6, 6.07) is 0.239. The molecule has 4 heteroatoms. The lowest BCUT2D eigenvalue weighted by atomic mass is 9.83. The summed E-state index contributed by atoms with van der Waals surface area (Å²) in [6.07, 6.45) is 7.73. The molecule has 1 aliphatic carbocycles. The van der Waals surface area contributed by atoms with Gasteiger partial charge in [-0.2, -0.15) is 0 Å². The van der Waals surface area contributed by atoms with Crippen LogP contribution in [0.15, 0.2) is 0 Å². The fraction of sp³-hybridized carbons (Fsp3) is 0.933. The second-order valence-corrected chi connectivity index (χ2v) is 6.46. The van der Waals surface area contributed by atoms with Gasteiger partial charge < -0.3 is 16.0 Å². The molecule has 1 saturated heterocycles. The van der Waals surface area contributed by atoms with Gasteiger partial charge in [-0.3, -0.25) is 4.79 Å². The lowest BCUT2D eigenvalue weighted by Crippen LogP contribution is -2.40. The molecule has 2 fully saturated rings. The Labute approximate surface area is 117 Å². The van der Waals surface area contributed by atoms with Gasteiger partial charge in [0.2, 0.25) is 5.91 Å². The topological polar surface area (TPSA) is 58.4 Å². The van der Waals surface area contributed by atoms with E-state index in [4.69, 9.17) is 5.73 Å². The van der Waals surface area contributed by atoms with Gasteiger partial charge in [-0.05, 0) is 57.7 Å². The molecule has 19 heavy (non-hydrogen) atoms. The van der Waals surface area contributed by atoms with E-state index in [0.29, 0.717) is 18.3 Å². The van der Waals surface area contributed by atoms with E-state index in [9.17, 15) is 4.79 Å². The number of amides is 1. The van der Waals surface area contributed by atoms with Crippen LogP contribution in [0, 0.1) is 11.8 Å². The van der Waals surface area contributed by atoms with E-state index in [0.717, 1.165) is 32.5 Å². The van der Waals surface area contributed by atoms with E-state index in [-0.39, 0.29) is 11.9 Å². The van der Waals surface area contributed by atoms with Gasteiger partial charge in [-0.25, -0.2) is 0 Å². The minimum absolute atomic E-state index is 0.210. The zero-order valence-electron chi connectivity index (χ0n) is 12.2. The van der Waals surface area contributed by atoms with Crippen LogP contribution in [0.5, 0.6) is 0 Å². The maximum absolute atomic E-state index is 12.0. The van der Waals surface area contributed by atoms with Gasteiger partial charge in [0.05, 0.1) is 0 Å². The number of carbonyl (C=O) groups excluding carboxylic acids is 1. The highest BCUT2D eigenvalue weighted by Crippen LogP contribution is 2.25. The maximum atomic E-state index is 12.0. The zero-order valence-corrected chi connectivity index (χ0v) is 12.2. The summed E-state index contributed by atoms with van der Waals surface area (Å²) in [5.74, 6) is 1.28. The monoisotopic (exact) mass is 267 g/mol. The van der Waals surface area contributed by atoms with Gasteiger partial charge in [0.25, 0.3) is 0 Å². The van der Waals surface area contributed by atoms with Crippen LogP contribution in [0.3, 0.4) is 0 Å². The van der Waals surface area contributed by atoms with Gasteiger partial charge in [-0.15, -0.1) is 0 Å². The van der Waals surface area contributed by atoms with Gasteiger partial charge in [0.1, 0.15) is 0 Å². The number of hydrogen-bond donors (Lipinski definition) is 2. The van der Waals surface area contributed by atoms with Crippen LogP contribution < -0.4 is 11.1 Å². The maximum Gasteiger partial charge on any atom is 0.220 e. The third-order valence-electron chi connectivity index (χ3n) is 4.84. The van der Waals surface area contributed by atoms with Crippen molar-refractivity contribution in [2.24, 2.45) is 17.6 Å². The quantitative estimate of drug-likeness (QED) is 0.808. The predicted molar refractivity (Wildman–Crippen MR) is 77.8 cm³/mol. The SMILES string of the molecule is CN1CCC(CNC(=O)CC2CCCCC2N)CC1. The Balaban J connectivity index is 1.64. The van der Waals surface area contributed by atoms with E-state index in [1.54, 1.807) is 0 Å². The molecule has 2 atom stereocenters. The largest absolute Gasteiger partial charge is 0.356 e. The average molecular weight is 267 g/mol. The number of nitrogens with two attached hydrogens (primary N) is 1. The summed E-state index contributed by atoms with van der Waals surface area (Å²) in [5, 5.41) is 3.12. The molecule has 2 rings (SSSR count). The Kier molecular flexibility index (Phi) is 5.64. The molecule has 0 aromatic heterocycles. The fourth-order valence-corrected chi connectivity index (χ4v) is 3.32. The fourth-order valence-electron chi connectivity index (χ4n) is 3.32. The number of likely N-dealkylation sites (tertiary alicyclic amines) is 1. The highest BCUT2D eigenvalue weighted by molar-refractivity contribution is 5.76. The molecule has 2 aliphatic rings. The Morgan fingerprint density at radius 1 is 1.21 bits per heavy atom. The van der Waals surface area contributed by atoms with Crippen LogP contribution in [0.25, 0.3) is 0 Å². The van der Waals surface area contributed by atoms with E-state index in [1.165, 1.54) is 25.7 Å². The third kappa shape index (κ3) is 4.77. The molecule has 2 unspecified atom stereocenters. The van der Waals surface area contributed by atoms with Gasteiger partial charge in [0, 0.05) is 19.0 Å². The Bertz CT molecular complexity index is 287. The molecule has 0 aromatic carbocycles. The third-order valence-corrected chi connectivity index (χ3v) is 4.84. The van der Waals surface area contributed by atoms with Crippen molar-refractivity contribution in [3.05, 3.63) is 0 Å². The van der Waals surface area contributed by atoms with Crippen LogP contribution in [-0.4, -0.2) is 43.5 Å². The molecular formula is C15H29N3O. The average Bonchev–Trinajstić information content (AvgIpc) is 2.41. The highest BCUT2D eigenvalue weighted by atomic mass is 16.1. The van der Waals surface area contributed by atoms with Crippen molar-refractivity contribution in [2.75, 3.05) is 26.7 Å². The van der Waals surface area contributed by atoms with Crippen molar-refractivity contribution in [3.8, 4) is 0 Å². The summed E-state index contributed by atoms with van der Waals surface area (Å²) in [5.41, 5.74) is 6.10. The molecule has 0 aromatic rings. The zero-order chi connectivity index (χ0) is 13.7. The van der Waals surface area contributed by atoms with Crippen molar-refractivity contribution >= 4 is 5.91 Å². The van der Waals surface area contributed by atoms with Crippen LogP contribution in [0.4, 0.5) is 0 Å². The van der Waals surface area contributed by atoms with E-state index in [2.05, 4.69) is 17.3 Å². The standard InChI is InChI=1S/C15H29N3O/c1-18-8-6-12(7-9-18)11-17-15(19)10-13-4-2-3-5-14(13)16/h12-14H,2-11,16H2,1H3,(H,17,19). The second kappa shape index (κ2) is 7.25. The predicted octanol–water partition coefficient (Wildman–Crippen LogP) is 1.35. The van der Waals surface area contributed by atoms with Crippen LogP contribution >= 0.6 is 0 Å². The molecule has 3 N–H and O–H groups in total. The van der Waals surface area contributed by atoms with Gasteiger partial charge >= 0.3 is 0 Å². The molecule has 0 radical (unpaired) electrons.